The lowest BCUT2D eigenvalue weighted by Gasteiger charge is -2.39. The quantitative estimate of drug-likeness (QED) is 0.0162. The molecule has 16 heteroatoms. The molecule has 0 bridgehead atoms. The number of epoxide rings is 1. The Hall–Kier alpha value is -3.16. The Labute approximate surface area is 691 Å². The molecule has 0 radical (unpaired) electrons. The average molecular weight is 1580 g/mol. The average Bonchev–Trinajstić information content (AvgIpc) is 1.24. The zero-order valence-electron chi connectivity index (χ0n) is 74.5. The van der Waals surface area contributed by atoms with Crippen LogP contribution in [0.15, 0.2) is 48.6 Å². The zero-order chi connectivity index (χ0) is 81.6. The fraction of sp³-hybridized carbons (Fsp3) is 0.875. The largest absolute Gasteiger partial charge is 0.395 e. The fourth-order valence-electron chi connectivity index (χ4n) is 16.7. The molecule has 16 nitrogen and oxygen atoms in total. The molecule has 3 rings (SSSR count). The molecule has 8 N–H and O–H groups in total. The van der Waals surface area contributed by atoms with Gasteiger partial charge in [-0.15, -0.1) is 0 Å². The number of ketones is 2. The fourth-order valence-corrected chi connectivity index (χ4v) is 16.7. The highest BCUT2D eigenvalue weighted by Crippen LogP contribution is 2.45. The monoisotopic (exact) mass is 1580 g/mol. The number of likely N-dealkylation sites (N-methyl/N-ethyl adjacent to an activating group) is 2. The first-order chi connectivity index (χ1) is 54.8. The van der Waals surface area contributed by atoms with E-state index in [1.807, 2.05) is 14.1 Å². The van der Waals surface area contributed by atoms with Gasteiger partial charge in [0.1, 0.15) is 11.6 Å². The highest BCUT2D eigenvalue weighted by atomic mass is 16.6. The molecule has 1 aliphatic heterocycles. The Balaban J connectivity index is 0.00000109. The van der Waals surface area contributed by atoms with Crippen LogP contribution in [-0.4, -0.2) is 199 Å². The summed E-state index contributed by atoms with van der Waals surface area (Å²) in [7, 11) is 3.95. The number of carbonyl (C=O) groups excluding carboxylic acids is 4. The maximum absolute atomic E-state index is 12.6. The molecule has 0 aromatic rings. The number of ether oxygens (including phenoxy) is 1. The number of hydrogen-bond acceptors (Lipinski definition) is 14. The maximum atomic E-state index is 12.6. The van der Waals surface area contributed by atoms with Crippen LogP contribution in [0.1, 0.15) is 350 Å². The number of nitrogens with zero attached hydrogens (tertiary/aromatic N) is 3. The van der Waals surface area contributed by atoms with Crippen molar-refractivity contribution in [3.8, 4) is 0 Å². The Morgan fingerprint density at radius 1 is 0.366 bits per heavy atom. The lowest BCUT2D eigenvalue weighted by molar-refractivity contribution is -0.122. The first kappa shape index (κ1) is 107. The van der Waals surface area contributed by atoms with Crippen LogP contribution in [0.25, 0.3) is 0 Å². The predicted molar refractivity (Wildman–Crippen MR) is 478 cm³/mol. The van der Waals surface area contributed by atoms with E-state index in [9.17, 15) is 29.4 Å². The van der Waals surface area contributed by atoms with Gasteiger partial charge in [-0.25, -0.2) is 0 Å². The van der Waals surface area contributed by atoms with Crippen molar-refractivity contribution in [1.29, 1.82) is 0 Å². The summed E-state index contributed by atoms with van der Waals surface area (Å²) in [5.41, 5.74) is 0. The summed E-state index contributed by atoms with van der Waals surface area (Å²) in [5.74, 6) is 6.66. The third-order valence-electron chi connectivity index (χ3n) is 23.7. The molecule has 0 spiro atoms. The second kappa shape index (κ2) is 80.3. The second-order valence-electron chi connectivity index (χ2n) is 33.9. The summed E-state index contributed by atoms with van der Waals surface area (Å²) in [6, 6.07) is 0. The van der Waals surface area contributed by atoms with E-state index >= 15 is 0 Å². The number of rotatable bonds is 78. The predicted octanol–water partition coefficient (Wildman–Crippen LogP) is 19.3. The molecule has 2 amide bonds. The molecule has 8 unspecified atom stereocenters. The van der Waals surface area contributed by atoms with E-state index in [-0.39, 0.29) is 31.6 Å². The Kier molecular flexibility index (Phi) is 76.6. The summed E-state index contributed by atoms with van der Waals surface area (Å²) in [6.07, 6.45) is 79.4. The summed E-state index contributed by atoms with van der Waals surface area (Å²) >= 11 is 0. The van der Waals surface area contributed by atoms with Crippen molar-refractivity contribution in [2.24, 2.45) is 47.3 Å². The van der Waals surface area contributed by atoms with Crippen molar-refractivity contribution in [3.63, 3.8) is 0 Å². The van der Waals surface area contributed by atoms with Gasteiger partial charge in [-0.3, -0.25) is 19.4 Å². The minimum atomic E-state index is 0.0768. The third-order valence-corrected chi connectivity index (χ3v) is 23.7. The van der Waals surface area contributed by atoms with Crippen LogP contribution in [0, 0.1) is 47.3 Å². The SMILES string of the molecule is C1CO1.CCCCCC=CC1C(CCCCCCCCC(=O)NCCN(CCO)CCN(CCO)CCN(C)CCO)C=CC(CCCCC)C1CCCCCCCCC(C)=O.CCCCCC=CC1C(CCCCCCCCC(=O)NCCNCCNCCNC)C=CC(CCCCC)C1CCCCCCCCC(C)=O. The van der Waals surface area contributed by atoms with E-state index in [1.54, 1.807) is 13.8 Å². The van der Waals surface area contributed by atoms with Crippen molar-refractivity contribution in [1.82, 2.24) is 41.3 Å². The number of carbonyl (C=O) groups is 4. The van der Waals surface area contributed by atoms with Gasteiger partial charge < -0.3 is 61.1 Å². The van der Waals surface area contributed by atoms with Crippen LogP contribution in [-0.2, 0) is 23.9 Å². The van der Waals surface area contributed by atoms with Crippen LogP contribution in [0.2, 0.25) is 0 Å². The van der Waals surface area contributed by atoms with Crippen molar-refractivity contribution >= 4 is 23.4 Å². The van der Waals surface area contributed by atoms with E-state index < -0.39 is 0 Å². The number of aliphatic hydroxyl groups is 3. The van der Waals surface area contributed by atoms with Gasteiger partial charge in [-0.1, -0.05) is 269 Å². The number of allylic oxidation sites excluding steroid dienone is 8. The van der Waals surface area contributed by atoms with Gasteiger partial charge in [0, 0.05) is 124 Å². The molecule has 8 atom stereocenters. The maximum Gasteiger partial charge on any atom is 0.220 e. The number of unbranched alkanes of at least 4 members (excludes halogenated alkanes) is 30. The summed E-state index contributed by atoms with van der Waals surface area (Å²) < 4.78 is 4.50. The zero-order valence-corrected chi connectivity index (χ0v) is 74.5. The van der Waals surface area contributed by atoms with E-state index in [1.165, 1.54) is 244 Å². The minimum absolute atomic E-state index is 0.0768. The molecule has 656 valence electrons. The van der Waals surface area contributed by atoms with Gasteiger partial charge in [0.25, 0.3) is 0 Å². The Morgan fingerprint density at radius 2 is 0.688 bits per heavy atom. The summed E-state index contributed by atoms with van der Waals surface area (Å²) in [4.78, 5) is 53.9. The van der Waals surface area contributed by atoms with Gasteiger partial charge in [-0.2, -0.15) is 0 Å². The topological polar surface area (TPSA) is 211 Å². The smallest absolute Gasteiger partial charge is 0.220 e. The van der Waals surface area contributed by atoms with Gasteiger partial charge in [0.15, 0.2) is 0 Å². The minimum Gasteiger partial charge on any atom is -0.395 e. The molecule has 112 heavy (non-hydrogen) atoms. The Morgan fingerprint density at radius 3 is 1.08 bits per heavy atom. The van der Waals surface area contributed by atoms with Gasteiger partial charge in [0.2, 0.25) is 11.8 Å². The van der Waals surface area contributed by atoms with E-state index in [0.717, 1.165) is 141 Å². The van der Waals surface area contributed by atoms with Crippen molar-refractivity contribution < 1.29 is 39.2 Å². The van der Waals surface area contributed by atoms with Crippen LogP contribution in [0.5, 0.6) is 0 Å². The van der Waals surface area contributed by atoms with Crippen LogP contribution in [0.3, 0.4) is 0 Å². The highest BCUT2D eigenvalue weighted by molar-refractivity contribution is 5.76. The lowest BCUT2D eigenvalue weighted by Crippen LogP contribution is -2.43. The standard InChI is InChI=1S/C50H96N4O5.C44H84N4O2.C2H4O/c1-5-7-9-14-22-28-49-47(32-31-46(26-19-8-6-2)48(49)29-23-17-12-10-15-20-25-45(3)58)27-21-16-11-13-18-24-30-50(59)51-33-34-53(40-43-56)37-38-54(41-44-57)36-35-52(4)39-42-55;1-5-7-9-14-22-28-43-41(27-21-16-11-13-18-24-30-44(50)48-38-37-47-36-35-46-34-33-45-4)32-31-40(26-19-8-6-2)42(43)29-23-17-12-10-15-20-25-39(3)49;1-2-3-1/h22,28,31-32,46-49,55-57H,5-21,23-27,29-30,33-44H2,1-4H3,(H,51,59);22,28,31-32,40-43,45-47H,5-21,23-27,29-30,33-38H2,1-4H3,(H,48,50);1-2H2. The molecule has 0 saturated carbocycles. The molecule has 0 aromatic carbocycles. The van der Waals surface area contributed by atoms with Gasteiger partial charge in [0.05, 0.1) is 33.0 Å². The number of hydrogen-bond donors (Lipinski definition) is 8. The van der Waals surface area contributed by atoms with Crippen LogP contribution < -0.4 is 26.6 Å². The lowest BCUT2D eigenvalue weighted by atomic mass is 9.66. The number of amides is 2. The normalized spacial score (nSPS) is 18.8. The van der Waals surface area contributed by atoms with Crippen LogP contribution >= 0.6 is 0 Å². The van der Waals surface area contributed by atoms with Crippen molar-refractivity contribution in [2.75, 3.05) is 145 Å². The number of Topliss-reactive ketones (excluding diaryl/α,β-unsaturated/α-hetero) is 2. The molecule has 1 fully saturated rings. The molecule has 1 heterocycles. The first-order valence-electron chi connectivity index (χ1n) is 47.6. The van der Waals surface area contributed by atoms with Crippen LogP contribution in [0.4, 0.5) is 0 Å². The first-order valence-corrected chi connectivity index (χ1v) is 47.6. The molecule has 1 saturated heterocycles. The van der Waals surface area contributed by atoms with Crippen molar-refractivity contribution in [2.45, 2.75) is 350 Å². The van der Waals surface area contributed by atoms with E-state index in [0.29, 0.717) is 93.3 Å². The van der Waals surface area contributed by atoms with Gasteiger partial charge in [-0.05, 0) is 165 Å². The number of nitrogens with one attached hydrogen (secondary N) is 5. The second-order valence-corrected chi connectivity index (χ2v) is 33.9. The molecule has 2 aliphatic carbocycles. The van der Waals surface area contributed by atoms with Crippen molar-refractivity contribution in [3.05, 3.63) is 48.6 Å². The summed E-state index contributed by atoms with van der Waals surface area (Å²) in [5, 5.41) is 44.3. The molecular weight excluding hydrogens is 1390 g/mol. The number of aliphatic hydroxyl groups excluding tert-OH is 3. The summed E-state index contributed by atoms with van der Waals surface area (Å²) in [6.45, 7) is 26.6. The third kappa shape index (κ3) is 64.9. The van der Waals surface area contributed by atoms with Gasteiger partial charge >= 0.3 is 0 Å². The molecule has 3 aliphatic rings. The molecular formula is C96H184N8O8. The molecule has 0 aromatic heterocycles. The van der Waals surface area contributed by atoms with E-state index in [4.69, 9.17) is 5.11 Å². The Bertz CT molecular complexity index is 2230. The van der Waals surface area contributed by atoms with E-state index in [2.05, 4.69) is 122 Å². The highest BCUT2D eigenvalue weighted by Gasteiger charge is 2.35.